The van der Waals surface area contributed by atoms with Gasteiger partial charge in [0.2, 0.25) is 0 Å². The van der Waals surface area contributed by atoms with Gasteiger partial charge in [0, 0.05) is 0 Å². The molecule has 2 rings (SSSR count). The van der Waals surface area contributed by atoms with Gasteiger partial charge in [-0.1, -0.05) is 39.5 Å². The second-order valence-electron chi connectivity index (χ2n) is 5.87. The fourth-order valence-electron chi connectivity index (χ4n) is 3.25. The summed E-state index contributed by atoms with van der Waals surface area (Å²) in [6, 6.07) is 0. The Kier molecular flexibility index (Phi) is 2.67. The quantitative estimate of drug-likeness (QED) is 0.518. The first-order valence-electron chi connectivity index (χ1n) is 6.20. The molecule has 76 valence electrons. The first-order valence-corrected chi connectivity index (χ1v) is 6.20. The number of hydrogen-bond acceptors (Lipinski definition) is 0. The second-order valence-corrected chi connectivity index (χ2v) is 5.87. The molecule has 2 aliphatic rings. The van der Waals surface area contributed by atoms with Crippen LogP contribution >= 0.6 is 0 Å². The minimum Gasteiger partial charge on any atom is -0.0625 e. The highest BCUT2D eigenvalue weighted by Crippen LogP contribution is 2.49. The first kappa shape index (κ1) is 9.55. The van der Waals surface area contributed by atoms with Gasteiger partial charge in [-0.15, -0.1) is 0 Å². The molecule has 0 heteroatoms. The summed E-state index contributed by atoms with van der Waals surface area (Å²) in [4.78, 5) is 0. The van der Waals surface area contributed by atoms with E-state index >= 15 is 0 Å². The fourth-order valence-corrected chi connectivity index (χ4v) is 3.25. The van der Waals surface area contributed by atoms with Crippen LogP contribution in [-0.4, -0.2) is 0 Å². The molecular formula is C13H24. The van der Waals surface area contributed by atoms with Crippen molar-refractivity contribution >= 4 is 0 Å². The van der Waals surface area contributed by atoms with E-state index in [2.05, 4.69) is 13.8 Å². The van der Waals surface area contributed by atoms with Crippen LogP contribution < -0.4 is 0 Å². The lowest BCUT2D eigenvalue weighted by atomic mass is 9.62. The highest BCUT2D eigenvalue weighted by molar-refractivity contribution is 4.88. The highest BCUT2D eigenvalue weighted by atomic mass is 14.4. The molecule has 0 aromatic carbocycles. The molecule has 0 nitrogen and oxygen atoms in total. The van der Waals surface area contributed by atoms with E-state index in [0.29, 0.717) is 0 Å². The van der Waals surface area contributed by atoms with E-state index in [9.17, 15) is 0 Å². The van der Waals surface area contributed by atoms with Crippen LogP contribution in [0.4, 0.5) is 0 Å². The summed E-state index contributed by atoms with van der Waals surface area (Å²) >= 11 is 0. The topological polar surface area (TPSA) is 0 Å². The zero-order chi connectivity index (χ0) is 9.31. The maximum absolute atomic E-state index is 2.43. The lowest BCUT2D eigenvalue weighted by molar-refractivity contribution is 0.0833. The van der Waals surface area contributed by atoms with Crippen molar-refractivity contribution in [2.75, 3.05) is 0 Å². The Morgan fingerprint density at radius 3 is 1.31 bits per heavy atom. The van der Waals surface area contributed by atoms with Gasteiger partial charge in [0.25, 0.3) is 0 Å². The average Bonchev–Trinajstić information content (AvgIpc) is 2.16. The molecule has 0 radical (unpaired) electrons. The molecule has 0 aromatic heterocycles. The van der Waals surface area contributed by atoms with Gasteiger partial charge < -0.3 is 0 Å². The maximum Gasteiger partial charge on any atom is -0.0297 e. The molecule has 1 spiro atoms. The molecule has 0 heterocycles. The standard InChI is InChI=1S/C13H24/c1-11-3-7-13(8-4-11)9-5-12(2)6-10-13/h11-12H,3-10H2,1-2H3. The molecule has 0 unspecified atom stereocenters. The van der Waals surface area contributed by atoms with Gasteiger partial charge in [0.1, 0.15) is 0 Å². The molecular weight excluding hydrogens is 156 g/mol. The Bertz CT molecular complexity index is 131. The molecule has 0 N–H and O–H groups in total. The van der Waals surface area contributed by atoms with Crippen molar-refractivity contribution in [1.29, 1.82) is 0 Å². The van der Waals surface area contributed by atoms with Crippen molar-refractivity contribution < 1.29 is 0 Å². The van der Waals surface area contributed by atoms with Crippen LogP contribution in [-0.2, 0) is 0 Å². The summed E-state index contributed by atoms with van der Waals surface area (Å²) in [6.45, 7) is 4.86. The van der Waals surface area contributed by atoms with Crippen molar-refractivity contribution in [3.63, 3.8) is 0 Å². The van der Waals surface area contributed by atoms with Crippen LogP contribution in [0.15, 0.2) is 0 Å². The van der Waals surface area contributed by atoms with Crippen LogP contribution in [0.5, 0.6) is 0 Å². The Morgan fingerprint density at radius 2 is 1.00 bits per heavy atom. The molecule has 0 aromatic rings. The summed E-state index contributed by atoms with van der Waals surface area (Å²) in [7, 11) is 0. The minimum absolute atomic E-state index is 0.818. The number of rotatable bonds is 0. The van der Waals surface area contributed by atoms with E-state index in [-0.39, 0.29) is 0 Å². The zero-order valence-electron chi connectivity index (χ0n) is 9.31. The summed E-state index contributed by atoms with van der Waals surface area (Å²) in [5.74, 6) is 2.04. The van der Waals surface area contributed by atoms with Crippen molar-refractivity contribution in [1.82, 2.24) is 0 Å². The zero-order valence-corrected chi connectivity index (χ0v) is 9.31. The van der Waals surface area contributed by atoms with Gasteiger partial charge in [-0.05, 0) is 42.9 Å². The Morgan fingerprint density at radius 1 is 0.692 bits per heavy atom. The van der Waals surface area contributed by atoms with Crippen LogP contribution in [0.1, 0.15) is 65.2 Å². The van der Waals surface area contributed by atoms with Crippen LogP contribution in [0.25, 0.3) is 0 Å². The predicted octanol–water partition coefficient (Wildman–Crippen LogP) is 4.39. The molecule has 13 heavy (non-hydrogen) atoms. The van der Waals surface area contributed by atoms with Gasteiger partial charge in [0.15, 0.2) is 0 Å². The van der Waals surface area contributed by atoms with Crippen molar-refractivity contribution in [2.24, 2.45) is 17.3 Å². The SMILES string of the molecule is CC1CCC2(CC1)CCC(C)CC2. The summed E-state index contributed by atoms with van der Waals surface area (Å²) in [5, 5.41) is 0. The monoisotopic (exact) mass is 180 g/mol. The molecule has 0 saturated heterocycles. The number of hydrogen-bond donors (Lipinski definition) is 0. The van der Waals surface area contributed by atoms with Gasteiger partial charge >= 0.3 is 0 Å². The van der Waals surface area contributed by atoms with E-state index in [4.69, 9.17) is 0 Å². The lowest BCUT2D eigenvalue weighted by Crippen LogP contribution is -2.30. The highest BCUT2D eigenvalue weighted by Gasteiger charge is 2.36. The largest absolute Gasteiger partial charge is 0.0625 e. The van der Waals surface area contributed by atoms with Crippen LogP contribution in [0.2, 0.25) is 0 Å². The minimum atomic E-state index is 0.818. The average molecular weight is 180 g/mol. The fraction of sp³-hybridized carbons (Fsp3) is 1.00. The summed E-state index contributed by atoms with van der Waals surface area (Å²) in [5.41, 5.74) is 0.818. The first-order chi connectivity index (χ1) is 6.20. The molecule has 0 bridgehead atoms. The van der Waals surface area contributed by atoms with E-state index in [0.717, 1.165) is 17.3 Å². The van der Waals surface area contributed by atoms with Gasteiger partial charge in [-0.3, -0.25) is 0 Å². The maximum atomic E-state index is 2.43. The van der Waals surface area contributed by atoms with Gasteiger partial charge in [-0.2, -0.15) is 0 Å². The lowest BCUT2D eigenvalue weighted by Gasteiger charge is -2.44. The third-order valence-electron chi connectivity index (χ3n) is 4.67. The van der Waals surface area contributed by atoms with Crippen LogP contribution in [0.3, 0.4) is 0 Å². The van der Waals surface area contributed by atoms with Crippen molar-refractivity contribution in [3.05, 3.63) is 0 Å². The van der Waals surface area contributed by atoms with E-state index in [1.807, 2.05) is 0 Å². The Balaban J connectivity index is 1.90. The Labute approximate surface area is 83.1 Å². The molecule has 2 aliphatic carbocycles. The third-order valence-corrected chi connectivity index (χ3v) is 4.67. The second kappa shape index (κ2) is 3.63. The van der Waals surface area contributed by atoms with Crippen molar-refractivity contribution in [2.45, 2.75) is 65.2 Å². The smallest absolute Gasteiger partial charge is 0.0297 e. The summed E-state index contributed by atoms with van der Waals surface area (Å²) < 4.78 is 0. The summed E-state index contributed by atoms with van der Waals surface area (Å²) in [6.07, 6.45) is 12.2. The normalized spacial score (nSPS) is 46.6. The molecule has 2 fully saturated rings. The molecule has 0 aliphatic heterocycles. The van der Waals surface area contributed by atoms with E-state index < -0.39 is 0 Å². The third kappa shape index (κ3) is 2.08. The Hall–Kier alpha value is 0. The predicted molar refractivity (Wildman–Crippen MR) is 57.7 cm³/mol. The van der Waals surface area contributed by atoms with E-state index in [1.54, 1.807) is 25.7 Å². The molecule has 0 atom stereocenters. The van der Waals surface area contributed by atoms with Crippen molar-refractivity contribution in [3.8, 4) is 0 Å². The van der Waals surface area contributed by atoms with Crippen LogP contribution in [0, 0.1) is 17.3 Å². The van der Waals surface area contributed by atoms with Gasteiger partial charge in [0.05, 0.1) is 0 Å². The molecule has 0 amide bonds. The van der Waals surface area contributed by atoms with E-state index in [1.165, 1.54) is 25.7 Å². The van der Waals surface area contributed by atoms with Gasteiger partial charge in [-0.25, -0.2) is 0 Å². The molecule has 2 saturated carbocycles.